The highest BCUT2D eigenvalue weighted by atomic mass is 35.5. The lowest BCUT2D eigenvalue weighted by Crippen LogP contribution is -2.44. The minimum absolute atomic E-state index is 0.00338. The zero-order valence-corrected chi connectivity index (χ0v) is 22.1. The first-order valence-electron chi connectivity index (χ1n) is 12.4. The standard InChI is InChI=1S/C30H27ClFN3OS/c1-34-23-11-13-24(14-12-23)35(30(36)29-28(31)25-4-2-3-5-27(25)37-29)18-22-16-21(10-15-26(22)32)20-8-6-19(17-33)7-9-20/h2-10,15-16,23-24,34H,11-14,18H2,1H3/t23-,24-. The van der Waals surface area contributed by atoms with E-state index in [0.717, 1.165) is 46.9 Å². The zero-order valence-electron chi connectivity index (χ0n) is 20.5. The second-order valence-electron chi connectivity index (χ2n) is 9.46. The number of halogens is 2. The van der Waals surface area contributed by atoms with Crippen molar-refractivity contribution in [3.05, 3.63) is 93.6 Å². The lowest BCUT2D eigenvalue weighted by molar-refractivity contribution is 0.0604. The van der Waals surface area contributed by atoms with Crippen LogP contribution in [0.3, 0.4) is 0 Å². The number of carbonyl (C=O) groups is 1. The van der Waals surface area contributed by atoms with E-state index in [1.54, 1.807) is 18.2 Å². The number of fused-ring (bicyclic) bond motifs is 1. The van der Waals surface area contributed by atoms with E-state index < -0.39 is 0 Å². The first-order chi connectivity index (χ1) is 18.0. The highest BCUT2D eigenvalue weighted by Crippen LogP contribution is 2.38. The summed E-state index contributed by atoms with van der Waals surface area (Å²) in [5, 5.41) is 13.8. The van der Waals surface area contributed by atoms with Crippen molar-refractivity contribution in [3.8, 4) is 17.2 Å². The smallest absolute Gasteiger partial charge is 0.266 e. The van der Waals surface area contributed by atoms with Gasteiger partial charge in [-0.25, -0.2) is 4.39 Å². The molecular weight excluding hydrogens is 505 g/mol. The van der Waals surface area contributed by atoms with Gasteiger partial charge < -0.3 is 10.2 Å². The molecular formula is C30H27ClFN3OS. The topological polar surface area (TPSA) is 56.1 Å². The number of hydrogen-bond donors (Lipinski definition) is 1. The Morgan fingerprint density at radius 2 is 1.78 bits per heavy atom. The molecule has 4 aromatic rings. The summed E-state index contributed by atoms with van der Waals surface area (Å²) >= 11 is 8.09. The molecule has 0 spiro atoms. The molecule has 1 aliphatic rings. The van der Waals surface area contributed by atoms with Crippen LogP contribution in [0, 0.1) is 17.1 Å². The van der Waals surface area contributed by atoms with Gasteiger partial charge in [-0.1, -0.05) is 48.0 Å². The summed E-state index contributed by atoms with van der Waals surface area (Å²) in [4.78, 5) is 16.3. The first-order valence-corrected chi connectivity index (χ1v) is 13.6. The molecule has 0 radical (unpaired) electrons. The van der Waals surface area contributed by atoms with E-state index in [1.165, 1.54) is 17.4 Å². The Morgan fingerprint density at radius 1 is 1.08 bits per heavy atom. The molecule has 3 aromatic carbocycles. The lowest BCUT2D eigenvalue weighted by Gasteiger charge is -2.37. The Bertz CT molecular complexity index is 1470. The SMILES string of the molecule is CN[C@H]1CC[C@H](N(Cc2cc(-c3ccc(C#N)cc3)ccc2F)C(=O)c2sc3ccccc3c2Cl)CC1. The monoisotopic (exact) mass is 531 g/mol. The fraction of sp³-hybridized carbons (Fsp3) is 0.267. The number of amides is 1. The Hall–Kier alpha value is -3.24. The van der Waals surface area contributed by atoms with E-state index in [-0.39, 0.29) is 24.3 Å². The molecule has 1 saturated carbocycles. The average molecular weight is 532 g/mol. The van der Waals surface area contributed by atoms with Crippen LogP contribution in [-0.4, -0.2) is 29.9 Å². The summed E-state index contributed by atoms with van der Waals surface area (Å²) < 4.78 is 16.1. The van der Waals surface area contributed by atoms with Gasteiger partial charge in [-0.3, -0.25) is 4.79 Å². The van der Waals surface area contributed by atoms with Crippen molar-refractivity contribution in [2.75, 3.05) is 7.05 Å². The molecule has 188 valence electrons. The Labute approximate surface area is 225 Å². The van der Waals surface area contributed by atoms with E-state index in [0.29, 0.717) is 27.1 Å². The van der Waals surface area contributed by atoms with Gasteiger partial charge in [0.2, 0.25) is 0 Å². The molecule has 37 heavy (non-hydrogen) atoms. The molecule has 0 bridgehead atoms. The maximum atomic E-state index is 15.1. The van der Waals surface area contributed by atoms with Gasteiger partial charge in [-0.2, -0.15) is 5.26 Å². The number of nitrogens with zero attached hydrogens (tertiary/aromatic N) is 2. The van der Waals surface area contributed by atoms with Gasteiger partial charge in [0.05, 0.1) is 16.7 Å². The Balaban J connectivity index is 1.50. The van der Waals surface area contributed by atoms with Gasteiger partial charge in [0.1, 0.15) is 10.7 Å². The van der Waals surface area contributed by atoms with Crippen LogP contribution in [0.1, 0.15) is 46.5 Å². The quantitative estimate of drug-likeness (QED) is 0.282. The maximum absolute atomic E-state index is 15.1. The summed E-state index contributed by atoms with van der Waals surface area (Å²) in [5.74, 6) is -0.496. The van der Waals surface area contributed by atoms with Crippen molar-refractivity contribution in [2.24, 2.45) is 0 Å². The molecule has 1 amide bonds. The maximum Gasteiger partial charge on any atom is 0.266 e. The Kier molecular flexibility index (Phi) is 7.57. The van der Waals surface area contributed by atoms with Crippen molar-refractivity contribution in [3.63, 3.8) is 0 Å². The molecule has 1 aromatic heterocycles. The summed E-state index contributed by atoms with van der Waals surface area (Å²) in [6.07, 6.45) is 3.60. The van der Waals surface area contributed by atoms with Crippen LogP contribution in [0.15, 0.2) is 66.7 Å². The number of carbonyl (C=O) groups excluding carboxylic acids is 1. The van der Waals surface area contributed by atoms with E-state index in [9.17, 15) is 4.79 Å². The van der Waals surface area contributed by atoms with Crippen LogP contribution in [-0.2, 0) is 6.54 Å². The summed E-state index contributed by atoms with van der Waals surface area (Å²) in [6.45, 7) is 0.161. The third-order valence-corrected chi connectivity index (χ3v) is 8.93. The predicted octanol–water partition coefficient (Wildman–Crippen LogP) is 7.41. The molecule has 0 atom stereocenters. The van der Waals surface area contributed by atoms with Gasteiger partial charge in [0, 0.05) is 34.3 Å². The largest absolute Gasteiger partial charge is 0.330 e. The first kappa shape index (κ1) is 25.4. The molecule has 1 aliphatic carbocycles. The van der Waals surface area contributed by atoms with Gasteiger partial charge in [-0.05, 0) is 74.2 Å². The van der Waals surface area contributed by atoms with E-state index in [2.05, 4.69) is 11.4 Å². The minimum atomic E-state index is -0.346. The lowest BCUT2D eigenvalue weighted by atomic mass is 9.89. The van der Waals surface area contributed by atoms with Gasteiger partial charge in [0.15, 0.2) is 0 Å². The van der Waals surface area contributed by atoms with Crippen LogP contribution in [0.25, 0.3) is 21.2 Å². The van der Waals surface area contributed by atoms with Crippen molar-refractivity contribution >= 4 is 38.9 Å². The zero-order chi connectivity index (χ0) is 25.9. The number of benzene rings is 3. The second kappa shape index (κ2) is 11.0. The van der Waals surface area contributed by atoms with Crippen LogP contribution >= 0.6 is 22.9 Å². The van der Waals surface area contributed by atoms with Crippen molar-refractivity contribution in [1.29, 1.82) is 5.26 Å². The summed E-state index contributed by atoms with van der Waals surface area (Å²) in [7, 11) is 1.97. The average Bonchev–Trinajstić information content (AvgIpc) is 3.29. The second-order valence-corrected chi connectivity index (χ2v) is 10.9. The third-order valence-electron chi connectivity index (χ3n) is 7.27. The normalized spacial score (nSPS) is 17.5. The highest BCUT2D eigenvalue weighted by molar-refractivity contribution is 7.21. The van der Waals surface area contributed by atoms with Crippen LogP contribution in [0.5, 0.6) is 0 Å². The van der Waals surface area contributed by atoms with Crippen molar-refractivity contribution in [2.45, 2.75) is 44.3 Å². The minimum Gasteiger partial charge on any atom is -0.330 e. The van der Waals surface area contributed by atoms with Crippen molar-refractivity contribution < 1.29 is 9.18 Å². The number of nitriles is 1. The third kappa shape index (κ3) is 5.26. The van der Waals surface area contributed by atoms with E-state index in [4.69, 9.17) is 16.9 Å². The molecule has 1 fully saturated rings. The molecule has 0 unspecified atom stereocenters. The predicted molar refractivity (Wildman–Crippen MR) is 148 cm³/mol. The number of nitrogens with one attached hydrogen (secondary N) is 1. The molecule has 5 rings (SSSR count). The van der Waals surface area contributed by atoms with Crippen LogP contribution in [0.2, 0.25) is 5.02 Å². The van der Waals surface area contributed by atoms with Crippen LogP contribution in [0.4, 0.5) is 4.39 Å². The van der Waals surface area contributed by atoms with Crippen LogP contribution < -0.4 is 5.32 Å². The number of thiophene rings is 1. The van der Waals surface area contributed by atoms with E-state index >= 15 is 4.39 Å². The highest BCUT2D eigenvalue weighted by Gasteiger charge is 2.32. The van der Waals surface area contributed by atoms with E-state index in [1.807, 2.05) is 54.4 Å². The molecule has 1 heterocycles. The summed E-state index contributed by atoms with van der Waals surface area (Å²) in [5.41, 5.74) is 2.76. The molecule has 7 heteroatoms. The molecule has 0 saturated heterocycles. The molecule has 0 aliphatic heterocycles. The Morgan fingerprint density at radius 3 is 2.46 bits per heavy atom. The number of rotatable bonds is 6. The van der Waals surface area contributed by atoms with Gasteiger partial charge >= 0.3 is 0 Å². The van der Waals surface area contributed by atoms with Gasteiger partial charge in [-0.15, -0.1) is 11.3 Å². The fourth-order valence-electron chi connectivity index (χ4n) is 5.12. The number of hydrogen-bond acceptors (Lipinski definition) is 4. The molecule has 1 N–H and O–H groups in total. The van der Waals surface area contributed by atoms with Crippen molar-refractivity contribution in [1.82, 2.24) is 10.2 Å². The fourth-order valence-corrected chi connectivity index (χ4v) is 6.59. The van der Waals surface area contributed by atoms with Gasteiger partial charge in [0.25, 0.3) is 5.91 Å². The molecule has 4 nitrogen and oxygen atoms in total. The summed E-state index contributed by atoms with van der Waals surface area (Å²) in [6, 6.07) is 22.5.